The quantitative estimate of drug-likeness (QED) is 0.212. The zero-order valence-corrected chi connectivity index (χ0v) is 26.6. The number of amides is 2. The predicted octanol–water partition coefficient (Wildman–Crippen LogP) is 6.23. The number of rotatable bonds is 14. The Morgan fingerprint density at radius 1 is 0.976 bits per heavy atom. The first kappa shape index (κ1) is 33.2. The molecule has 1 atom stereocenters. The maximum Gasteiger partial charge on any atom is 0.264 e. The monoisotopic (exact) mass is 633 g/mol. The van der Waals surface area contributed by atoms with Gasteiger partial charge in [0.05, 0.1) is 27.7 Å². The smallest absolute Gasteiger partial charge is 0.264 e. The molecule has 1 N–H and O–H groups in total. The van der Waals surface area contributed by atoms with Crippen LogP contribution in [0.4, 0.5) is 5.69 Å². The van der Waals surface area contributed by atoms with Crippen LogP contribution in [0.2, 0.25) is 10.0 Å². The lowest BCUT2D eigenvalue weighted by Crippen LogP contribution is -2.52. The van der Waals surface area contributed by atoms with Crippen LogP contribution < -0.4 is 14.4 Å². The molecule has 2 amide bonds. The van der Waals surface area contributed by atoms with Gasteiger partial charge in [-0.2, -0.15) is 0 Å². The third kappa shape index (κ3) is 8.40. The van der Waals surface area contributed by atoms with Crippen LogP contribution in [0.25, 0.3) is 0 Å². The van der Waals surface area contributed by atoms with Crippen LogP contribution in [0.1, 0.15) is 44.2 Å². The number of carbonyl (C=O) groups excluding carboxylic acids is 2. The summed E-state index contributed by atoms with van der Waals surface area (Å²) in [5, 5.41) is 3.57. The molecule has 8 nitrogen and oxygen atoms in total. The van der Waals surface area contributed by atoms with Crippen molar-refractivity contribution in [1.82, 2.24) is 10.2 Å². The Hall–Kier alpha value is -3.27. The molecule has 0 heterocycles. The Morgan fingerprint density at radius 3 is 2.31 bits per heavy atom. The van der Waals surface area contributed by atoms with Gasteiger partial charge in [-0.3, -0.25) is 13.9 Å². The lowest BCUT2D eigenvalue weighted by atomic mass is 10.1. The number of sulfonamides is 1. The molecule has 0 saturated heterocycles. The van der Waals surface area contributed by atoms with Gasteiger partial charge in [0.2, 0.25) is 11.8 Å². The molecule has 0 aliphatic rings. The van der Waals surface area contributed by atoms with Gasteiger partial charge < -0.3 is 15.0 Å². The van der Waals surface area contributed by atoms with Gasteiger partial charge in [-0.25, -0.2) is 8.42 Å². The Balaban J connectivity index is 2.07. The molecule has 42 heavy (non-hydrogen) atoms. The summed E-state index contributed by atoms with van der Waals surface area (Å²) in [6.07, 6.45) is 2.01. The van der Waals surface area contributed by atoms with Crippen LogP contribution in [0.3, 0.4) is 0 Å². The van der Waals surface area contributed by atoms with E-state index < -0.39 is 28.5 Å². The van der Waals surface area contributed by atoms with Crippen LogP contribution in [0, 0.1) is 6.92 Å². The SMILES string of the molecule is CCCCNC(=O)[C@H](CC)N(Cc1ccc(Cl)c(Cl)c1)C(=O)CN(c1cccc(OC)c1)S(=O)(=O)c1ccc(C)cc1. The third-order valence-corrected chi connectivity index (χ3v) is 9.31. The molecule has 0 bridgehead atoms. The van der Waals surface area contributed by atoms with Crippen molar-refractivity contribution >= 4 is 50.7 Å². The number of ether oxygens (including phenoxy) is 1. The lowest BCUT2D eigenvalue weighted by Gasteiger charge is -2.33. The van der Waals surface area contributed by atoms with Crippen molar-refractivity contribution in [1.29, 1.82) is 0 Å². The first-order valence-electron chi connectivity index (χ1n) is 13.8. The summed E-state index contributed by atoms with van der Waals surface area (Å²) in [4.78, 5) is 28.9. The van der Waals surface area contributed by atoms with Gasteiger partial charge in [-0.15, -0.1) is 0 Å². The van der Waals surface area contributed by atoms with Crippen LogP contribution in [0.15, 0.2) is 71.6 Å². The maximum absolute atomic E-state index is 14.2. The highest BCUT2D eigenvalue weighted by atomic mass is 35.5. The number of aryl methyl sites for hydroxylation is 1. The summed E-state index contributed by atoms with van der Waals surface area (Å²) in [5.74, 6) is -0.441. The topological polar surface area (TPSA) is 96.0 Å². The first-order chi connectivity index (χ1) is 20.0. The second-order valence-corrected chi connectivity index (χ2v) is 12.5. The Morgan fingerprint density at radius 2 is 1.69 bits per heavy atom. The van der Waals surface area contributed by atoms with Crippen LogP contribution in [-0.2, 0) is 26.2 Å². The normalized spacial score (nSPS) is 12.0. The molecule has 0 unspecified atom stereocenters. The van der Waals surface area contributed by atoms with Crippen LogP contribution >= 0.6 is 23.2 Å². The van der Waals surface area contributed by atoms with Gasteiger partial charge >= 0.3 is 0 Å². The summed E-state index contributed by atoms with van der Waals surface area (Å²) in [6.45, 7) is 5.62. The third-order valence-electron chi connectivity index (χ3n) is 6.78. The van der Waals surface area contributed by atoms with Gasteiger partial charge in [-0.1, -0.05) is 73.3 Å². The second kappa shape index (κ2) is 15.3. The lowest BCUT2D eigenvalue weighted by molar-refractivity contribution is -0.140. The van der Waals surface area contributed by atoms with Gasteiger partial charge in [0.25, 0.3) is 10.0 Å². The molecule has 0 saturated carbocycles. The number of nitrogens with zero attached hydrogens (tertiary/aromatic N) is 2. The molecule has 0 radical (unpaired) electrons. The van der Waals surface area contributed by atoms with E-state index in [2.05, 4.69) is 5.32 Å². The summed E-state index contributed by atoms with van der Waals surface area (Å²) in [6, 6.07) is 17.0. The average molecular weight is 635 g/mol. The van der Waals surface area contributed by atoms with Crippen molar-refractivity contribution in [2.75, 3.05) is 24.5 Å². The Labute approximate surface area is 258 Å². The summed E-state index contributed by atoms with van der Waals surface area (Å²) in [7, 11) is -2.71. The predicted molar refractivity (Wildman–Crippen MR) is 168 cm³/mol. The molecule has 11 heteroatoms. The molecule has 3 rings (SSSR count). The molecular formula is C31H37Cl2N3O5S. The fourth-order valence-corrected chi connectivity index (χ4v) is 6.12. The largest absolute Gasteiger partial charge is 0.497 e. The number of halogens is 2. The fourth-order valence-electron chi connectivity index (χ4n) is 4.39. The molecule has 0 aromatic heterocycles. The van der Waals surface area contributed by atoms with Crippen molar-refractivity contribution in [3.8, 4) is 5.75 Å². The maximum atomic E-state index is 14.2. The van der Waals surface area contributed by atoms with E-state index in [0.29, 0.717) is 34.3 Å². The molecule has 0 fully saturated rings. The Kier molecular flexibility index (Phi) is 12.1. The van der Waals surface area contributed by atoms with E-state index in [4.69, 9.17) is 27.9 Å². The second-order valence-electron chi connectivity index (χ2n) is 9.86. The minimum atomic E-state index is -4.19. The Bertz CT molecular complexity index is 1480. The van der Waals surface area contributed by atoms with E-state index in [9.17, 15) is 18.0 Å². The molecule has 0 aliphatic carbocycles. The van der Waals surface area contributed by atoms with Crippen molar-refractivity contribution < 1.29 is 22.7 Å². The highest BCUT2D eigenvalue weighted by molar-refractivity contribution is 7.92. The minimum Gasteiger partial charge on any atom is -0.497 e. The number of hydrogen-bond acceptors (Lipinski definition) is 5. The summed E-state index contributed by atoms with van der Waals surface area (Å²) >= 11 is 12.4. The van der Waals surface area contributed by atoms with E-state index in [1.807, 2.05) is 20.8 Å². The summed E-state index contributed by atoms with van der Waals surface area (Å²) in [5.41, 5.74) is 1.79. The molecule has 226 valence electrons. The number of benzene rings is 3. The zero-order valence-electron chi connectivity index (χ0n) is 24.3. The molecule has 3 aromatic carbocycles. The van der Waals surface area contributed by atoms with Crippen molar-refractivity contribution in [3.63, 3.8) is 0 Å². The number of methoxy groups -OCH3 is 1. The van der Waals surface area contributed by atoms with E-state index in [1.54, 1.807) is 54.6 Å². The molecule has 0 aliphatic heterocycles. The van der Waals surface area contributed by atoms with E-state index in [0.717, 1.165) is 22.7 Å². The van der Waals surface area contributed by atoms with E-state index in [-0.39, 0.29) is 23.0 Å². The number of nitrogens with one attached hydrogen (secondary N) is 1. The highest BCUT2D eigenvalue weighted by Gasteiger charge is 2.33. The van der Waals surface area contributed by atoms with Crippen molar-refractivity contribution in [2.24, 2.45) is 0 Å². The number of carbonyl (C=O) groups is 2. The van der Waals surface area contributed by atoms with Gasteiger partial charge in [0.1, 0.15) is 18.3 Å². The standard InChI is InChI=1S/C31H37Cl2N3O5S/c1-5-7-17-34-31(38)29(6-2)35(20-23-13-16-27(32)28(33)18-23)30(37)21-36(24-9-8-10-25(19-24)41-4)42(39,40)26-14-11-22(3)12-15-26/h8-16,18-19,29H,5-7,17,20-21H2,1-4H3,(H,34,38)/t29-/m0/s1. The first-order valence-corrected chi connectivity index (χ1v) is 16.0. The zero-order chi connectivity index (χ0) is 30.9. The van der Waals surface area contributed by atoms with Crippen molar-refractivity contribution in [2.45, 2.75) is 57.5 Å². The molecule has 0 spiro atoms. The van der Waals surface area contributed by atoms with Gasteiger partial charge in [0.15, 0.2) is 0 Å². The van der Waals surface area contributed by atoms with Gasteiger partial charge in [-0.05, 0) is 61.7 Å². The summed E-state index contributed by atoms with van der Waals surface area (Å²) < 4.78 is 34.4. The number of unbranched alkanes of at least 4 members (excludes halogenated alkanes) is 1. The van der Waals surface area contributed by atoms with E-state index >= 15 is 0 Å². The van der Waals surface area contributed by atoms with E-state index in [1.165, 1.54) is 24.1 Å². The fraction of sp³-hybridized carbons (Fsp3) is 0.355. The number of hydrogen-bond donors (Lipinski definition) is 1. The minimum absolute atomic E-state index is 0.0198. The number of anilines is 1. The van der Waals surface area contributed by atoms with Crippen molar-refractivity contribution in [3.05, 3.63) is 87.9 Å². The van der Waals surface area contributed by atoms with Crippen LogP contribution in [-0.4, -0.2) is 51.4 Å². The highest BCUT2D eigenvalue weighted by Crippen LogP contribution is 2.29. The molecule has 3 aromatic rings. The van der Waals surface area contributed by atoms with Crippen LogP contribution in [0.5, 0.6) is 5.75 Å². The molecular weight excluding hydrogens is 597 g/mol. The average Bonchev–Trinajstić information content (AvgIpc) is 2.97. The van der Waals surface area contributed by atoms with Gasteiger partial charge in [0, 0.05) is 19.2 Å².